The first-order chi connectivity index (χ1) is 19.3. The lowest BCUT2D eigenvalue weighted by molar-refractivity contribution is -0.138. The second kappa shape index (κ2) is 12.7. The summed E-state index contributed by atoms with van der Waals surface area (Å²) in [5.41, 5.74) is 6.08. The maximum absolute atomic E-state index is 14.0. The lowest BCUT2D eigenvalue weighted by Crippen LogP contribution is -2.47. The van der Waals surface area contributed by atoms with Crippen LogP contribution in [0.15, 0.2) is 54.6 Å². The number of aryl methyl sites for hydroxylation is 2. The van der Waals surface area contributed by atoms with Gasteiger partial charge in [0.15, 0.2) is 11.6 Å². The second-order valence-electron chi connectivity index (χ2n) is 11.1. The average Bonchev–Trinajstić information content (AvgIpc) is 3.81. The van der Waals surface area contributed by atoms with Crippen LogP contribution in [0.4, 0.5) is 8.78 Å². The van der Waals surface area contributed by atoms with Crippen molar-refractivity contribution in [2.45, 2.75) is 64.5 Å². The van der Waals surface area contributed by atoms with E-state index in [2.05, 4.69) is 66.5 Å². The maximum atomic E-state index is 14.0. The lowest BCUT2D eigenvalue weighted by Gasteiger charge is -2.36. The average molecular weight is 567 g/mol. The highest BCUT2D eigenvalue weighted by molar-refractivity contribution is 6.32. The van der Waals surface area contributed by atoms with Gasteiger partial charge in [0.2, 0.25) is 5.91 Å². The molecule has 2 unspecified atom stereocenters. The third kappa shape index (κ3) is 6.50. The van der Waals surface area contributed by atoms with Gasteiger partial charge in [-0.15, -0.1) is 0 Å². The van der Waals surface area contributed by atoms with Crippen LogP contribution in [0.5, 0.6) is 5.75 Å². The summed E-state index contributed by atoms with van der Waals surface area (Å²) in [6.07, 6.45) is 4.45. The van der Waals surface area contributed by atoms with Crippen molar-refractivity contribution in [1.82, 2.24) is 10.2 Å². The largest absolute Gasteiger partial charge is 0.489 e. The molecule has 5 rings (SSSR count). The number of nitrogens with one attached hydrogen (secondary N) is 1. The van der Waals surface area contributed by atoms with Crippen molar-refractivity contribution < 1.29 is 18.3 Å². The van der Waals surface area contributed by atoms with Crippen molar-refractivity contribution in [2.75, 3.05) is 19.7 Å². The van der Waals surface area contributed by atoms with Crippen molar-refractivity contribution >= 4 is 17.5 Å². The molecule has 0 bridgehead atoms. The molecule has 1 amide bonds. The fourth-order valence-corrected chi connectivity index (χ4v) is 5.90. The Morgan fingerprint density at radius 1 is 1.02 bits per heavy atom. The van der Waals surface area contributed by atoms with E-state index in [9.17, 15) is 13.6 Å². The van der Waals surface area contributed by atoms with E-state index in [4.69, 9.17) is 16.3 Å². The Hall–Kier alpha value is -2.96. The standard InChI is InChI=1S/C33H37ClF2N2O2/c1-21-5-3-7-25(22(21)2)20-38(26-12-13-26)33(39)28-19-37-17-16-27(28)24-10-8-23(9-11-24)6-4-18-40-32-30(36)15-14-29(35)31(32)34/h3,5,7-11,14-15,26-28,37H,4,6,12-13,16-20H2,1-2H3. The van der Waals surface area contributed by atoms with Crippen LogP contribution >= 0.6 is 11.6 Å². The van der Waals surface area contributed by atoms with Crippen LogP contribution in [0.3, 0.4) is 0 Å². The summed E-state index contributed by atoms with van der Waals surface area (Å²) in [5, 5.41) is 3.13. The van der Waals surface area contributed by atoms with Crippen molar-refractivity contribution in [3.8, 4) is 5.75 Å². The minimum absolute atomic E-state index is 0.0929. The van der Waals surface area contributed by atoms with Gasteiger partial charge in [0.05, 0.1) is 12.5 Å². The highest BCUT2D eigenvalue weighted by atomic mass is 35.5. The number of benzene rings is 3. The minimum atomic E-state index is -0.700. The van der Waals surface area contributed by atoms with Gasteiger partial charge in [-0.2, -0.15) is 0 Å². The van der Waals surface area contributed by atoms with E-state index in [1.807, 2.05) is 0 Å². The number of halogens is 3. The molecule has 1 N–H and O–H groups in total. The summed E-state index contributed by atoms with van der Waals surface area (Å²) in [6.45, 7) is 6.76. The molecule has 212 valence electrons. The Morgan fingerprint density at radius 2 is 1.77 bits per heavy atom. The zero-order valence-electron chi connectivity index (χ0n) is 23.2. The third-order valence-corrected chi connectivity index (χ3v) is 8.75. The van der Waals surface area contributed by atoms with E-state index in [1.54, 1.807) is 0 Å². The number of amides is 1. The van der Waals surface area contributed by atoms with Crippen molar-refractivity contribution in [2.24, 2.45) is 5.92 Å². The summed E-state index contributed by atoms with van der Waals surface area (Å²) in [7, 11) is 0. The predicted octanol–water partition coefficient (Wildman–Crippen LogP) is 7.13. The SMILES string of the molecule is Cc1cccc(CN(C(=O)C2CNCCC2c2ccc(CCCOc3c(F)ccc(F)c3Cl)cc2)C2CC2)c1C. The Morgan fingerprint density at radius 3 is 2.52 bits per heavy atom. The molecule has 1 aliphatic carbocycles. The number of carbonyl (C=O) groups is 1. The van der Waals surface area contributed by atoms with E-state index in [1.165, 1.54) is 22.3 Å². The van der Waals surface area contributed by atoms with E-state index < -0.39 is 11.6 Å². The van der Waals surface area contributed by atoms with Crippen molar-refractivity contribution in [1.29, 1.82) is 0 Å². The number of hydrogen-bond donors (Lipinski definition) is 1. The van der Waals surface area contributed by atoms with Crippen molar-refractivity contribution in [3.05, 3.63) is 99.1 Å². The molecule has 0 radical (unpaired) electrons. The van der Waals surface area contributed by atoms with E-state index in [0.717, 1.165) is 49.9 Å². The molecule has 1 saturated carbocycles. The quantitative estimate of drug-likeness (QED) is 0.210. The van der Waals surface area contributed by atoms with Gasteiger partial charge in [-0.05, 0) is 98.4 Å². The van der Waals surface area contributed by atoms with E-state index in [-0.39, 0.29) is 35.1 Å². The number of hydrogen-bond acceptors (Lipinski definition) is 3. The smallest absolute Gasteiger partial charge is 0.228 e. The normalized spacial score (nSPS) is 18.9. The predicted molar refractivity (Wildman–Crippen MR) is 155 cm³/mol. The molecule has 3 aromatic rings. The van der Waals surface area contributed by atoms with Crippen LogP contribution in [-0.2, 0) is 17.8 Å². The molecule has 0 aromatic heterocycles. The Kier molecular flexibility index (Phi) is 9.07. The summed E-state index contributed by atoms with van der Waals surface area (Å²) >= 11 is 5.84. The molecule has 3 aromatic carbocycles. The monoisotopic (exact) mass is 566 g/mol. The van der Waals surface area contributed by atoms with Gasteiger partial charge < -0.3 is 15.0 Å². The van der Waals surface area contributed by atoms with Gasteiger partial charge in [-0.25, -0.2) is 8.78 Å². The fourth-order valence-electron chi connectivity index (χ4n) is 5.69. The first-order valence-electron chi connectivity index (χ1n) is 14.2. The second-order valence-corrected chi connectivity index (χ2v) is 11.5. The summed E-state index contributed by atoms with van der Waals surface area (Å²) in [5.74, 6) is -1.28. The third-order valence-electron chi connectivity index (χ3n) is 8.39. The topological polar surface area (TPSA) is 41.6 Å². The zero-order chi connectivity index (χ0) is 28.2. The molecule has 2 atom stereocenters. The van der Waals surface area contributed by atoms with Gasteiger partial charge in [-0.3, -0.25) is 4.79 Å². The van der Waals surface area contributed by atoms with Crippen LogP contribution in [0.25, 0.3) is 0 Å². The molecule has 1 heterocycles. The first kappa shape index (κ1) is 28.6. The van der Waals surface area contributed by atoms with E-state index in [0.29, 0.717) is 25.6 Å². The number of rotatable bonds is 10. The van der Waals surface area contributed by atoms with Gasteiger partial charge >= 0.3 is 0 Å². The molecule has 1 saturated heterocycles. The number of carbonyl (C=O) groups excluding carboxylic acids is 1. The van der Waals surface area contributed by atoms with Gasteiger partial charge in [-0.1, -0.05) is 54.1 Å². The number of ether oxygens (including phenoxy) is 1. The summed E-state index contributed by atoms with van der Waals surface area (Å²) < 4.78 is 33.0. The Balaban J connectivity index is 1.22. The summed E-state index contributed by atoms with van der Waals surface area (Å²) in [4.78, 5) is 16.1. The molecule has 4 nitrogen and oxygen atoms in total. The van der Waals surface area contributed by atoms with Gasteiger partial charge in [0.25, 0.3) is 0 Å². The highest BCUT2D eigenvalue weighted by Crippen LogP contribution is 2.37. The summed E-state index contributed by atoms with van der Waals surface area (Å²) in [6, 6.07) is 17.2. The lowest BCUT2D eigenvalue weighted by atomic mass is 9.80. The molecule has 0 spiro atoms. The number of nitrogens with zero attached hydrogens (tertiary/aromatic N) is 1. The molecule has 2 fully saturated rings. The van der Waals surface area contributed by atoms with Gasteiger partial charge in [0.1, 0.15) is 10.8 Å². The zero-order valence-corrected chi connectivity index (χ0v) is 23.9. The molecule has 40 heavy (non-hydrogen) atoms. The highest BCUT2D eigenvalue weighted by Gasteiger charge is 2.40. The first-order valence-corrected chi connectivity index (χ1v) is 14.6. The van der Waals surface area contributed by atoms with Crippen molar-refractivity contribution in [3.63, 3.8) is 0 Å². The molecule has 1 aliphatic heterocycles. The molecule has 7 heteroatoms. The minimum Gasteiger partial charge on any atom is -0.489 e. The molecular formula is C33H37ClF2N2O2. The van der Waals surface area contributed by atoms with Gasteiger partial charge in [0, 0.05) is 19.1 Å². The van der Waals surface area contributed by atoms with Crippen LogP contribution in [0.1, 0.15) is 59.4 Å². The number of piperidine rings is 1. The Labute approximate surface area is 240 Å². The van der Waals surface area contributed by atoms with Crippen LogP contribution in [0, 0.1) is 31.4 Å². The van der Waals surface area contributed by atoms with Crippen LogP contribution in [-0.4, -0.2) is 36.5 Å². The molecular weight excluding hydrogens is 530 g/mol. The maximum Gasteiger partial charge on any atom is 0.228 e. The fraction of sp³-hybridized carbons (Fsp3) is 0.424. The Bertz CT molecular complexity index is 1340. The van der Waals surface area contributed by atoms with Crippen LogP contribution in [0.2, 0.25) is 5.02 Å². The van der Waals surface area contributed by atoms with Crippen LogP contribution < -0.4 is 10.1 Å². The van der Waals surface area contributed by atoms with E-state index >= 15 is 0 Å². The molecule has 2 aliphatic rings.